The van der Waals surface area contributed by atoms with Crippen molar-refractivity contribution in [2.75, 3.05) is 13.6 Å². The average Bonchev–Trinajstić information content (AvgIpc) is 2.84. The molecule has 1 aromatic heterocycles. The number of aryl methyl sites for hydroxylation is 2. The predicted octanol–water partition coefficient (Wildman–Crippen LogP) is 3.81. The molecular weight excluding hydrogens is 368 g/mol. The summed E-state index contributed by atoms with van der Waals surface area (Å²) >= 11 is 0. The van der Waals surface area contributed by atoms with Gasteiger partial charge in [0.15, 0.2) is 0 Å². The topological polar surface area (TPSA) is 51.1 Å². The van der Waals surface area contributed by atoms with Crippen LogP contribution in [-0.4, -0.2) is 26.6 Å². The van der Waals surface area contributed by atoms with E-state index in [0.717, 1.165) is 29.4 Å². The van der Waals surface area contributed by atoms with E-state index in [-0.39, 0.29) is 12.4 Å². The average molecular weight is 393 g/mol. The van der Waals surface area contributed by atoms with Crippen LogP contribution in [0.15, 0.2) is 52.3 Å². The maximum Gasteiger partial charge on any atom is 0.206 e. The van der Waals surface area contributed by atoms with Gasteiger partial charge < -0.3 is 9.88 Å². The van der Waals surface area contributed by atoms with Crippen LogP contribution in [0.4, 0.5) is 0 Å². The summed E-state index contributed by atoms with van der Waals surface area (Å²) < 4.78 is 28.1. The van der Waals surface area contributed by atoms with Gasteiger partial charge in [-0.2, -0.15) is 0 Å². The van der Waals surface area contributed by atoms with E-state index in [1.807, 2.05) is 45.3 Å². The quantitative estimate of drug-likeness (QED) is 0.718. The van der Waals surface area contributed by atoms with Crippen molar-refractivity contribution in [3.05, 3.63) is 59.3 Å². The van der Waals surface area contributed by atoms with Crippen LogP contribution in [0.2, 0.25) is 0 Å². The minimum absolute atomic E-state index is 0. The van der Waals surface area contributed by atoms with E-state index in [1.165, 1.54) is 11.3 Å². The third kappa shape index (κ3) is 3.52. The smallest absolute Gasteiger partial charge is 0.206 e. The number of nitrogens with one attached hydrogen (secondary N) is 1. The van der Waals surface area contributed by atoms with Crippen LogP contribution in [0.3, 0.4) is 0 Å². The summed E-state index contributed by atoms with van der Waals surface area (Å²) in [4.78, 5) is 0.682. The van der Waals surface area contributed by atoms with Gasteiger partial charge in [0, 0.05) is 23.6 Å². The van der Waals surface area contributed by atoms with Crippen LogP contribution in [-0.2, 0) is 23.3 Å². The first kappa shape index (κ1) is 20.5. The van der Waals surface area contributed by atoms with Crippen molar-refractivity contribution in [2.45, 2.75) is 30.1 Å². The number of halogens is 1. The van der Waals surface area contributed by atoms with Crippen LogP contribution < -0.4 is 5.32 Å². The van der Waals surface area contributed by atoms with Crippen molar-refractivity contribution in [1.29, 1.82) is 0 Å². The van der Waals surface area contributed by atoms with Gasteiger partial charge in [0.2, 0.25) is 9.84 Å². The zero-order valence-electron chi connectivity index (χ0n) is 15.5. The van der Waals surface area contributed by atoms with Crippen molar-refractivity contribution < 1.29 is 8.42 Å². The molecule has 0 bridgehead atoms. The Morgan fingerprint density at radius 3 is 2.23 bits per heavy atom. The van der Waals surface area contributed by atoms with Crippen molar-refractivity contribution in [1.82, 2.24) is 9.88 Å². The van der Waals surface area contributed by atoms with Crippen LogP contribution in [0.5, 0.6) is 0 Å². The molecule has 0 saturated carbocycles. The first-order valence-corrected chi connectivity index (χ1v) is 9.89. The Labute approximate surface area is 161 Å². The molecular formula is C20H25ClN2O2S. The third-order valence-corrected chi connectivity index (χ3v) is 6.63. The van der Waals surface area contributed by atoms with E-state index in [0.29, 0.717) is 9.79 Å². The first-order chi connectivity index (χ1) is 11.9. The Kier molecular flexibility index (Phi) is 6.17. The zero-order valence-corrected chi connectivity index (χ0v) is 17.2. The van der Waals surface area contributed by atoms with Gasteiger partial charge in [0.05, 0.1) is 9.79 Å². The van der Waals surface area contributed by atoms with E-state index >= 15 is 0 Å². The number of hydrogen-bond donors (Lipinski definition) is 1. The summed E-state index contributed by atoms with van der Waals surface area (Å²) in [6, 6.07) is 12.4. The van der Waals surface area contributed by atoms with Gasteiger partial charge in [-0.15, -0.1) is 12.4 Å². The van der Waals surface area contributed by atoms with E-state index < -0.39 is 9.84 Å². The highest BCUT2D eigenvalue weighted by atomic mass is 35.5. The molecule has 2 aromatic carbocycles. The Morgan fingerprint density at radius 1 is 1.00 bits per heavy atom. The number of nitrogens with zero attached hydrogens (tertiary/aromatic N) is 1. The van der Waals surface area contributed by atoms with Gasteiger partial charge in [-0.1, -0.05) is 17.7 Å². The molecule has 0 aliphatic rings. The van der Waals surface area contributed by atoms with Crippen molar-refractivity contribution in [2.24, 2.45) is 7.05 Å². The van der Waals surface area contributed by atoms with Crippen LogP contribution in [0.1, 0.15) is 16.8 Å². The minimum atomic E-state index is -3.51. The molecule has 0 radical (unpaired) electrons. The maximum atomic E-state index is 13.0. The molecule has 1 heterocycles. The normalized spacial score (nSPS) is 11.5. The van der Waals surface area contributed by atoms with Gasteiger partial charge in [-0.05, 0) is 69.8 Å². The number of aromatic nitrogens is 1. The summed E-state index contributed by atoms with van der Waals surface area (Å²) in [7, 11) is 0.434. The number of rotatable bonds is 5. The fourth-order valence-electron chi connectivity index (χ4n) is 3.21. The van der Waals surface area contributed by atoms with Gasteiger partial charge in [-0.25, -0.2) is 8.42 Å². The lowest BCUT2D eigenvalue weighted by Crippen LogP contribution is -2.11. The highest BCUT2D eigenvalue weighted by Crippen LogP contribution is 2.30. The fraction of sp³-hybridized carbons (Fsp3) is 0.300. The highest BCUT2D eigenvalue weighted by molar-refractivity contribution is 7.91. The second kappa shape index (κ2) is 7.82. The molecule has 0 amide bonds. The fourth-order valence-corrected chi connectivity index (χ4v) is 4.50. The molecule has 3 aromatic rings. The summed E-state index contributed by atoms with van der Waals surface area (Å²) in [6.45, 7) is 4.89. The predicted molar refractivity (Wildman–Crippen MR) is 109 cm³/mol. The molecule has 0 fully saturated rings. The number of sulfone groups is 1. The molecule has 4 nitrogen and oxygen atoms in total. The Morgan fingerprint density at radius 2 is 1.62 bits per heavy atom. The summed E-state index contributed by atoms with van der Waals surface area (Å²) in [5.74, 6) is 0. The third-order valence-electron chi connectivity index (χ3n) is 4.86. The molecule has 1 N–H and O–H groups in total. The largest absolute Gasteiger partial charge is 0.348 e. The number of fused-ring (bicyclic) bond motifs is 1. The van der Waals surface area contributed by atoms with Gasteiger partial charge in [0.1, 0.15) is 0 Å². The first-order valence-electron chi connectivity index (χ1n) is 8.40. The maximum absolute atomic E-state index is 13.0. The Bertz CT molecular complexity index is 1020. The van der Waals surface area contributed by atoms with Crippen molar-refractivity contribution >= 4 is 33.1 Å². The summed E-state index contributed by atoms with van der Waals surface area (Å²) in [6.07, 6.45) is 0.869. The Hall–Kier alpha value is -1.82. The lowest BCUT2D eigenvalue weighted by atomic mass is 10.1. The number of benzene rings is 2. The molecule has 0 spiro atoms. The molecule has 0 aliphatic heterocycles. The standard InChI is InChI=1S/C20H24N2O2S.ClH/c1-14-5-7-16(8-6-14)25(23,24)17-9-10-20-19(13-17)18(11-12-21-3)15(2)22(20)4;/h5-10,13,21H,11-12H2,1-4H3;1H. The highest BCUT2D eigenvalue weighted by Gasteiger charge is 2.20. The molecule has 3 rings (SSSR count). The van der Waals surface area contributed by atoms with Crippen LogP contribution in [0.25, 0.3) is 10.9 Å². The molecule has 140 valence electrons. The molecule has 0 unspecified atom stereocenters. The SMILES string of the molecule is CNCCc1c(C)n(C)c2ccc(S(=O)(=O)c3ccc(C)cc3)cc12.Cl. The van der Waals surface area contributed by atoms with E-state index in [2.05, 4.69) is 16.8 Å². The minimum Gasteiger partial charge on any atom is -0.348 e. The molecule has 0 aliphatic carbocycles. The van der Waals surface area contributed by atoms with Crippen molar-refractivity contribution in [3.63, 3.8) is 0 Å². The van der Waals surface area contributed by atoms with E-state index in [1.54, 1.807) is 18.2 Å². The van der Waals surface area contributed by atoms with Crippen molar-refractivity contribution in [3.8, 4) is 0 Å². The molecule has 0 saturated heterocycles. The second-order valence-electron chi connectivity index (χ2n) is 6.47. The van der Waals surface area contributed by atoms with Crippen LogP contribution >= 0.6 is 12.4 Å². The van der Waals surface area contributed by atoms with Gasteiger partial charge in [-0.3, -0.25) is 0 Å². The lowest BCUT2D eigenvalue weighted by Gasteiger charge is -2.07. The molecule has 26 heavy (non-hydrogen) atoms. The zero-order chi connectivity index (χ0) is 18.2. The van der Waals surface area contributed by atoms with Crippen LogP contribution in [0, 0.1) is 13.8 Å². The summed E-state index contributed by atoms with van der Waals surface area (Å²) in [5, 5.41) is 4.18. The molecule has 0 atom stereocenters. The second-order valence-corrected chi connectivity index (χ2v) is 8.42. The number of hydrogen-bond acceptors (Lipinski definition) is 3. The molecule has 6 heteroatoms. The van der Waals surface area contributed by atoms with Gasteiger partial charge >= 0.3 is 0 Å². The monoisotopic (exact) mass is 392 g/mol. The Balaban J connectivity index is 0.00000243. The van der Waals surface area contributed by atoms with E-state index in [4.69, 9.17) is 0 Å². The summed E-state index contributed by atoms with van der Waals surface area (Å²) in [5.41, 5.74) is 4.48. The van der Waals surface area contributed by atoms with Gasteiger partial charge in [0.25, 0.3) is 0 Å². The van der Waals surface area contributed by atoms with E-state index in [9.17, 15) is 8.42 Å². The number of likely N-dealkylation sites (N-methyl/N-ethyl adjacent to an activating group) is 1. The lowest BCUT2D eigenvalue weighted by molar-refractivity contribution is 0.596.